The molecule has 0 unspecified atom stereocenters. The van der Waals surface area contributed by atoms with Crippen molar-refractivity contribution in [3.05, 3.63) is 11.3 Å². The molecule has 1 N–H and O–H groups in total. The summed E-state index contributed by atoms with van der Waals surface area (Å²) in [6.45, 7) is 8.70. The summed E-state index contributed by atoms with van der Waals surface area (Å²) in [4.78, 5) is 19.0. The summed E-state index contributed by atoms with van der Waals surface area (Å²) in [5.41, 5.74) is 2.26. The fourth-order valence-corrected chi connectivity index (χ4v) is 1.83. The minimum Gasteiger partial charge on any atom is -0.391 e. The van der Waals surface area contributed by atoms with E-state index in [2.05, 4.69) is 29.1 Å². The third-order valence-corrected chi connectivity index (χ3v) is 3.18. The first-order chi connectivity index (χ1) is 9.01. The van der Waals surface area contributed by atoms with Gasteiger partial charge in [0, 0.05) is 52.0 Å². The zero-order chi connectivity index (χ0) is 14.8. The largest absolute Gasteiger partial charge is 0.391 e. The first kappa shape index (κ1) is 17.5. The molecule has 19 heavy (non-hydrogen) atoms. The molecule has 0 radical (unpaired) electrons. The standard InChI is InChI=1S/C14H28N4O/c1-7-8-18(10-9-17(6)11-19)14(16-5)12(2)13(3)15-4/h11,15H,7-10H2,1-6H3/b13-12+,16-14+. The molecule has 0 aromatic carbocycles. The lowest BCUT2D eigenvalue weighted by molar-refractivity contribution is -0.117. The maximum atomic E-state index is 10.7. The Hall–Kier alpha value is -1.52. The molecule has 0 aliphatic carbocycles. The molecule has 0 aliphatic heterocycles. The number of carbonyl (C=O) groups is 1. The quantitative estimate of drug-likeness (QED) is 0.410. The lowest BCUT2D eigenvalue weighted by Gasteiger charge is -2.28. The van der Waals surface area contributed by atoms with Crippen molar-refractivity contribution in [1.29, 1.82) is 0 Å². The Morgan fingerprint density at radius 2 is 1.89 bits per heavy atom. The lowest BCUT2D eigenvalue weighted by atomic mass is 10.2. The number of rotatable bonds is 8. The topological polar surface area (TPSA) is 47.9 Å². The van der Waals surface area contributed by atoms with Crippen LogP contribution < -0.4 is 5.32 Å². The molecule has 0 aromatic rings. The fourth-order valence-electron chi connectivity index (χ4n) is 1.83. The van der Waals surface area contributed by atoms with Crippen LogP contribution in [0.3, 0.4) is 0 Å². The number of nitrogens with zero attached hydrogens (tertiary/aromatic N) is 3. The van der Waals surface area contributed by atoms with Gasteiger partial charge in [0.1, 0.15) is 5.84 Å². The molecule has 0 aromatic heterocycles. The summed E-state index contributed by atoms with van der Waals surface area (Å²) in [7, 11) is 5.52. The van der Waals surface area contributed by atoms with Crippen molar-refractivity contribution >= 4 is 12.2 Å². The lowest BCUT2D eigenvalue weighted by Crippen LogP contribution is -2.39. The average molecular weight is 268 g/mol. The Morgan fingerprint density at radius 1 is 1.26 bits per heavy atom. The Morgan fingerprint density at radius 3 is 2.32 bits per heavy atom. The Labute approximate surface area is 117 Å². The van der Waals surface area contributed by atoms with E-state index in [0.717, 1.165) is 43.0 Å². The molecule has 110 valence electrons. The number of hydrogen-bond donors (Lipinski definition) is 1. The van der Waals surface area contributed by atoms with Gasteiger partial charge in [-0.2, -0.15) is 0 Å². The number of likely N-dealkylation sites (N-methyl/N-ethyl adjacent to an activating group) is 1. The predicted octanol–water partition coefficient (Wildman–Crippen LogP) is 1.33. The van der Waals surface area contributed by atoms with Crippen LogP contribution in [-0.4, -0.2) is 62.8 Å². The van der Waals surface area contributed by atoms with Crippen LogP contribution in [-0.2, 0) is 4.79 Å². The maximum absolute atomic E-state index is 10.7. The van der Waals surface area contributed by atoms with Crippen molar-refractivity contribution < 1.29 is 4.79 Å². The number of aliphatic imine (C=N–C) groups is 1. The van der Waals surface area contributed by atoms with E-state index >= 15 is 0 Å². The van der Waals surface area contributed by atoms with Crippen LogP contribution >= 0.6 is 0 Å². The van der Waals surface area contributed by atoms with Gasteiger partial charge in [0.15, 0.2) is 0 Å². The van der Waals surface area contributed by atoms with Crippen molar-refractivity contribution in [2.24, 2.45) is 4.99 Å². The monoisotopic (exact) mass is 268 g/mol. The third-order valence-electron chi connectivity index (χ3n) is 3.18. The second kappa shape index (κ2) is 9.42. The molecule has 0 bridgehead atoms. The normalized spacial score (nSPS) is 12.8. The van der Waals surface area contributed by atoms with Crippen LogP contribution in [0.1, 0.15) is 27.2 Å². The second-order valence-electron chi connectivity index (χ2n) is 4.62. The molecule has 0 fully saturated rings. The molecule has 5 heteroatoms. The maximum Gasteiger partial charge on any atom is 0.209 e. The number of carbonyl (C=O) groups excluding carboxylic acids is 1. The predicted molar refractivity (Wildman–Crippen MR) is 81.4 cm³/mol. The van der Waals surface area contributed by atoms with E-state index in [-0.39, 0.29) is 0 Å². The molecule has 0 spiro atoms. The van der Waals surface area contributed by atoms with E-state index in [1.165, 1.54) is 0 Å². The summed E-state index contributed by atoms with van der Waals surface area (Å²) in [5, 5.41) is 3.16. The highest BCUT2D eigenvalue weighted by Gasteiger charge is 2.14. The van der Waals surface area contributed by atoms with E-state index in [4.69, 9.17) is 0 Å². The molecular weight excluding hydrogens is 240 g/mol. The van der Waals surface area contributed by atoms with Gasteiger partial charge < -0.3 is 15.1 Å². The SMILES string of the molecule is CCCN(CCN(C)C=O)C(=N/C)/C(C)=C(\C)NC. The summed E-state index contributed by atoms with van der Waals surface area (Å²) in [5.74, 6) is 0.994. The molecule has 5 nitrogen and oxygen atoms in total. The van der Waals surface area contributed by atoms with Crippen molar-refractivity contribution in [3.63, 3.8) is 0 Å². The van der Waals surface area contributed by atoms with Crippen LogP contribution in [0.5, 0.6) is 0 Å². The van der Waals surface area contributed by atoms with Gasteiger partial charge in [-0.05, 0) is 20.3 Å². The van der Waals surface area contributed by atoms with Gasteiger partial charge in [-0.25, -0.2) is 0 Å². The molecule has 0 rings (SSSR count). The van der Waals surface area contributed by atoms with Crippen LogP contribution in [0.15, 0.2) is 16.3 Å². The average Bonchev–Trinajstić information content (AvgIpc) is 2.43. The number of amidine groups is 1. The highest BCUT2D eigenvalue weighted by Crippen LogP contribution is 2.08. The van der Waals surface area contributed by atoms with Crippen molar-refractivity contribution in [1.82, 2.24) is 15.1 Å². The van der Waals surface area contributed by atoms with E-state index in [0.29, 0.717) is 6.54 Å². The molecule has 0 saturated heterocycles. The fraction of sp³-hybridized carbons (Fsp3) is 0.714. The van der Waals surface area contributed by atoms with Crippen LogP contribution in [0, 0.1) is 0 Å². The van der Waals surface area contributed by atoms with Crippen molar-refractivity contribution in [3.8, 4) is 0 Å². The molecule has 0 atom stereocenters. The zero-order valence-corrected chi connectivity index (χ0v) is 13.2. The van der Waals surface area contributed by atoms with Crippen molar-refractivity contribution in [2.75, 3.05) is 40.8 Å². The summed E-state index contributed by atoms with van der Waals surface area (Å²) >= 11 is 0. The Balaban J connectivity index is 4.97. The number of allylic oxidation sites excluding steroid dienone is 1. The highest BCUT2D eigenvalue weighted by molar-refractivity contribution is 5.98. The van der Waals surface area contributed by atoms with E-state index < -0.39 is 0 Å². The first-order valence-electron chi connectivity index (χ1n) is 6.74. The van der Waals surface area contributed by atoms with Crippen LogP contribution in [0.2, 0.25) is 0 Å². The van der Waals surface area contributed by atoms with Gasteiger partial charge in [0.2, 0.25) is 6.41 Å². The summed E-state index contributed by atoms with van der Waals surface area (Å²) in [6, 6.07) is 0. The Bertz CT molecular complexity index is 336. The van der Waals surface area contributed by atoms with Crippen LogP contribution in [0.4, 0.5) is 0 Å². The molecule has 0 heterocycles. The van der Waals surface area contributed by atoms with Gasteiger partial charge in [0.05, 0.1) is 0 Å². The Kier molecular flexibility index (Phi) is 8.66. The van der Waals surface area contributed by atoms with Crippen LogP contribution in [0.25, 0.3) is 0 Å². The van der Waals surface area contributed by atoms with E-state index in [1.807, 2.05) is 21.0 Å². The summed E-state index contributed by atoms with van der Waals surface area (Å²) < 4.78 is 0. The molecule has 1 amide bonds. The van der Waals surface area contributed by atoms with E-state index in [1.54, 1.807) is 11.9 Å². The molecular formula is C14H28N4O. The van der Waals surface area contributed by atoms with Gasteiger partial charge in [-0.3, -0.25) is 9.79 Å². The second-order valence-corrected chi connectivity index (χ2v) is 4.62. The third kappa shape index (κ3) is 5.77. The van der Waals surface area contributed by atoms with Gasteiger partial charge in [-0.15, -0.1) is 0 Å². The van der Waals surface area contributed by atoms with Gasteiger partial charge in [0.25, 0.3) is 0 Å². The minimum atomic E-state index is 0.703. The number of hydrogen-bond acceptors (Lipinski definition) is 3. The first-order valence-corrected chi connectivity index (χ1v) is 6.74. The van der Waals surface area contributed by atoms with Crippen molar-refractivity contribution in [2.45, 2.75) is 27.2 Å². The van der Waals surface area contributed by atoms with E-state index in [9.17, 15) is 4.79 Å². The smallest absolute Gasteiger partial charge is 0.209 e. The zero-order valence-electron chi connectivity index (χ0n) is 13.2. The summed E-state index contributed by atoms with van der Waals surface area (Å²) in [6.07, 6.45) is 1.91. The molecule has 0 saturated carbocycles. The molecule has 0 aliphatic rings. The minimum absolute atomic E-state index is 0.703. The van der Waals surface area contributed by atoms with Gasteiger partial charge >= 0.3 is 0 Å². The number of amides is 1. The number of nitrogens with one attached hydrogen (secondary N) is 1. The highest BCUT2D eigenvalue weighted by atomic mass is 16.1. The van der Waals surface area contributed by atoms with Gasteiger partial charge in [-0.1, -0.05) is 6.92 Å².